The lowest BCUT2D eigenvalue weighted by atomic mass is 10.3. The fourth-order valence-electron chi connectivity index (χ4n) is 0.684. The van der Waals surface area contributed by atoms with Crippen LogP contribution in [0.2, 0.25) is 0 Å². The predicted octanol–water partition coefficient (Wildman–Crippen LogP) is -1.24. The van der Waals surface area contributed by atoms with Gasteiger partial charge in [0, 0.05) is 0 Å². The van der Waals surface area contributed by atoms with E-state index in [1.165, 1.54) is 4.80 Å². The van der Waals surface area contributed by atoms with Crippen molar-refractivity contribution in [2.45, 2.75) is 13.0 Å². The summed E-state index contributed by atoms with van der Waals surface area (Å²) in [6.07, 6.45) is 0. The molecule has 0 spiro atoms. The molecular formula is C6H12N6O. The molecular weight excluding hydrogens is 172 g/mol. The van der Waals surface area contributed by atoms with Crippen molar-refractivity contribution in [3.05, 3.63) is 0 Å². The molecule has 0 radical (unpaired) electrons. The second-order valence-electron chi connectivity index (χ2n) is 2.60. The van der Waals surface area contributed by atoms with E-state index >= 15 is 0 Å². The number of carbonyl (C=O) groups is 1. The largest absolute Gasteiger partial charge is 0.309 e. The van der Waals surface area contributed by atoms with Crippen molar-refractivity contribution < 1.29 is 4.79 Å². The van der Waals surface area contributed by atoms with Crippen LogP contribution in [0.15, 0.2) is 0 Å². The molecule has 0 fully saturated rings. The number of hydrogen-bond acceptors (Lipinski definition) is 5. The van der Waals surface area contributed by atoms with Gasteiger partial charge in [0.2, 0.25) is 5.91 Å². The highest BCUT2D eigenvalue weighted by Gasteiger charge is 2.12. The van der Waals surface area contributed by atoms with E-state index < -0.39 is 0 Å². The highest BCUT2D eigenvalue weighted by Crippen LogP contribution is 1.93. The van der Waals surface area contributed by atoms with Crippen LogP contribution in [-0.4, -0.2) is 39.2 Å². The van der Waals surface area contributed by atoms with Crippen LogP contribution in [0, 0.1) is 0 Å². The molecule has 1 rings (SSSR count). The van der Waals surface area contributed by atoms with Crippen molar-refractivity contribution in [2.75, 3.05) is 12.4 Å². The van der Waals surface area contributed by atoms with Crippen LogP contribution >= 0.6 is 0 Å². The molecule has 0 unspecified atom stereocenters. The van der Waals surface area contributed by atoms with Gasteiger partial charge in [-0.2, -0.15) is 4.80 Å². The molecule has 1 aromatic heterocycles. The molecule has 7 heteroatoms. The Kier molecular flexibility index (Phi) is 2.91. The number of amides is 1. The average Bonchev–Trinajstić information content (AvgIpc) is 2.49. The molecule has 0 aliphatic carbocycles. The van der Waals surface area contributed by atoms with Crippen molar-refractivity contribution >= 4 is 11.9 Å². The second kappa shape index (κ2) is 3.94. The number of anilines is 1. The first kappa shape index (κ1) is 9.59. The van der Waals surface area contributed by atoms with Crippen LogP contribution in [0.3, 0.4) is 0 Å². The van der Waals surface area contributed by atoms with Gasteiger partial charge in [-0.3, -0.25) is 10.1 Å². The Balaban J connectivity index is 2.54. The van der Waals surface area contributed by atoms with Crippen LogP contribution in [0.25, 0.3) is 0 Å². The van der Waals surface area contributed by atoms with Crippen molar-refractivity contribution in [3.63, 3.8) is 0 Å². The van der Waals surface area contributed by atoms with Crippen molar-refractivity contribution in [3.8, 4) is 0 Å². The standard InChI is InChI=1S/C6H12N6O/c1-4(7-2)5(13)8-6-9-11-12(3)10-6/h4,7H,1-3H3,(H,8,10,13)/t4-/m0/s1. The van der Waals surface area contributed by atoms with Crippen LogP contribution in [0.1, 0.15) is 6.92 Å². The molecule has 0 aliphatic heterocycles. The molecule has 7 nitrogen and oxygen atoms in total. The van der Waals surface area contributed by atoms with E-state index in [1.54, 1.807) is 21.0 Å². The quantitative estimate of drug-likeness (QED) is 0.613. The van der Waals surface area contributed by atoms with E-state index in [-0.39, 0.29) is 17.9 Å². The molecule has 0 aromatic carbocycles. The number of nitrogens with one attached hydrogen (secondary N) is 2. The number of carbonyl (C=O) groups excluding carboxylic acids is 1. The van der Waals surface area contributed by atoms with Gasteiger partial charge < -0.3 is 5.32 Å². The minimum atomic E-state index is -0.274. The Labute approximate surface area is 75.5 Å². The predicted molar refractivity (Wildman–Crippen MR) is 45.9 cm³/mol. The van der Waals surface area contributed by atoms with Gasteiger partial charge in [0.25, 0.3) is 5.95 Å². The topological polar surface area (TPSA) is 84.7 Å². The number of aryl methyl sites for hydroxylation is 1. The van der Waals surface area contributed by atoms with Gasteiger partial charge in [0.15, 0.2) is 0 Å². The molecule has 2 N–H and O–H groups in total. The minimum absolute atomic E-state index is 0.185. The smallest absolute Gasteiger partial charge is 0.270 e. The minimum Gasteiger partial charge on any atom is -0.309 e. The van der Waals surface area contributed by atoms with E-state index in [0.717, 1.165) is 0 Å². The molecule has 0 saturated carbocycles. The van der Waals surface area contributed by atoms with Gasteiger partial charge in [-0.1, -0.05) is 5.10 Å². The summed E-state index contributed by atoms with van der Waals surface area (Å²) in [5, 5.41) is 16.3. The lowest BCUT2D eigenvalue weighted by molar-refractivity contribution is -0.117. The molecule has 13 heavy (non-hydrogen) atoms. The first-order valence-corrected chi connectivity index (χ1v) is 3.85. The molecule has 0 bridgehead atoms. The van der Waals surface area contributed by atoms with Crippen molar-refractivity contribution in [1.29, 1.82) is 0 Å². The maximum absolute atomic E-state index is 11.3. The summed E-state index contributed by atoms with van der Waals surface area (Å²) in [6, 6.07) is -0.274. The van der Waals surface area contributed by atoms with Crippen molar-refractivity contribution in [2.24, 2.45) is 7.05 Å². The Morgan fingerprint density at radius 3 is 2.77 bits per heavy atom. The molecule has 1 heterocycles. The molecule has 0 saturated heterocycles. The van der Waals surface area contributed by atoms with E-state index in [0.29, 0.717) is 0 Å². The zero-order chi connectivity index (χ0) is 9.84. The van der Waals surface area contributed by atoms with E-state index in [2.05, 4.69) is 26.0 Å². The summed E-state index contributed by atoms with van der Waals surface area (Å²) in [7, 11) is 3.33. The van der Waals surface area contributed by atoms with E-state index in [9.17, 15) is 4.79 Å². The van der Waals surface area contributed by atoms with Gasteiger partial charge in [0.1, 0.15) is 0 Å². The van der Waals surface area contributed by atoms with E-state index in [4.69, 9.17) is 0 Å². The maximum atomic E-state index is 11.3. The van der Waals surface area contributed by atoms with Gasteiger partial charge in [0.05, 0.1) is 13.1 Å². The monoisotopic (exact) mass is 184 g/mol. The average molecular weight is 184 g/mol. The summed E-state index contributed by atoms with van der Waals surface area (Å²) in [5.74, 6) is 0.0325. The number of rotatable bonds is 3. The maximum Gasteiger partial charge on any atom is 0.270 e. The lowest BCUT2D eigenvalue weighted by Gasteiger charge is -2.07. The van der Waals surface area contributed by atoms with Crippen LogP contribution < -0.4 is 10.6 Å². The molecule has 0 aliphatic rings. The van der Waals surface area contributed by atoms with Crippen LogP contribution in [0.4, 0.5) is 5.95 Å². The van der Waals surface area contributed by atoms with Gasteiger partial charge >= 0.3 is 0 Å². The summed E-state index contributed by atoms with van der Waals surface area (Å²) in [4.78, 5) is 12.5. The SMILES string of the molecule is CN[C@@H](C)C(=O)Nc1nnn(C)n1. The zero-order valence-electron chi connectivity index (χ0n) is 7.77. The Morgan fingerprint density at radius 1 is 1.62 bits per heavy atom. The van der Waals surface area contributed by atoms with Crippen LogP contribution in [0.5, 0.6) is 0 Å². The fourth-order valence-corrected chi connectivity index (χ4v) is 0.684. The highest BCUT2D eigenvalue weighted by molar-refractivity contribution is 5.92. The summed E-state index contributed by atoms with van der Waals surface area (Å²) < 4.78 is 0. The Bertz CT molecular complexity index is 295. The number of nitrogens with zero attached hydrogens (tertiary/aromatic N) is 4. The Morgan fingerprint density at radius 2 is 2.31 bits per heavy atom. The third-order valence-corrected chi connectivity index (χ3v) is 1.57. The highest BCUT2D eigenvalue weighted by atomic mass is 16.2. The normalized spacial score (nSPS) is 12.5. The second-order valence-corrected chi connectivity index (χ2v) is 2.60. The van der Waals surface area contributed by atoms with Crippen molar-refractivity contribution in [1.82, 2.24) is 25.5 Å². The third kappa shape index (κ3) is 2.48. The number of hydrogen-bond donors (Lipinski definition) is 2. The first-order valence-electron chi connectivity index (χ1n) is 3.85. The molecule has 1 atom stereocenters. The lowest BCUT2D eigenvalue weighted by Crippen LogP contribution is -2.35. The van der Waals surface area contributed by atoms with Gasteiger partial charge in [-0.25, -0.2) is 0 Å². The molecule has 1 amide bonds. The first-order chi connectivity index (χ1) is 6.13. The van der Waals surface area contributed by atoms with Gasteiger partial charge in [-0.05, 0) is 19.2 Å². The number of likely N-dealkylation sites (N-methyl/N-ethyl adjacent to an activating group) is 1. The summed E-state index contributed by atoms with van der Waals surface area (Å²) in [5.41, 5.74) is 0. The Hall–Kier alpha value is -1.50. The van der Waals surface area contributed by atoms with Crippen LogP contribution in [-0.2, 0) is 11.8 Å². The molecule has 72 valence electrons. The number of tetrazole rings is 1. The number of aromatic nitrogens is 4. The van der Waals surface area contributed by atoms with Gasteiger partial charge in [-0.15, -0.1) is 5.10 Å². The van der Waals surface area contributed by atoms with E-state index in [1.807, 2.05) is 0 Å². The fraction of sp³-hybridized carbons (Fsp3) is 0.667. The molecule has 1 aromatic rings. The summed E-state index contributed by atoms with van der Waals surface area (Å²) >= 11 is 0. The summed E-state index contributed by atoms with van der Waals surface area (Å²) in [6.45, 7) is 1.74. The zero-order valence-corrected chi connectivity index (χ0v) is 7.77. The third-order valence-electron chi connectivity index (χ3n) is 1.57.